The first-order chi connectivity index (χ1) is 9.26. The Hall–Kier alpha value is -1.34. The van der Waals surface area contributed by atoms with Crippen LogP contribution in [0.15, 0.2) is 39.2 Å². The fourth-order valence-electron chi connectivity index (χ4n) is 1.45. The van der Waals surface area contributed by atoms with Crippen LogP contribution in [-0.4, -0.2) is 28.6 Å². The lowest BCUT2D eigenvalue weighted by Gasteiger charge is -2.11. The van der Waals surface area contributed by atoms with Gasteiger partial charge >= 0.3 is 0 Å². The first-order valence-corrected chi connectivity index (χ1v) is 7.28. The number of ether oxygens (including phenoxy) is 1. The third kappa shape index (κ3) is 3.36. The summed E-state index contributed by atoms with van der Waals surface area (Å²) in [6.45, 7) is 2.77. The van der Waals surface area contributed by atoms with Gasteiger partial charge in [-0.1, -0.05) is 0 Å². The van der Waals surface area contributed by atoms with E-state index in [0.29, 0.717) is 11.6 Å². The lowest BCUT2D eigenvalue weighted by Crippen LogP contribution is -2.03. The van der Waals surface area contributed by atoms with Crippen LogP contribution in [0.1, 0.15) is 6.92 Å². The van der Waals surface area contributed by atoms with Crippen molar-refractivity contribution < 1.29 is 4.74 Å². The van der Waals surface area contributed by atoms with Crippen molar-refractivity contribution >= 4 is 33.5 Å². The fraction of sp³-hybridized carbons (Fsp3) is 0.250. The monoisotopic (exact) mass is 340 g/mol. The largest absolute Gasteiger partial charge is 0.490 e. The van der Waals surface area contributed by atoms with E-state index in [1.165, 1.54) is 18.1 Å². The summed E-state index contributed by atoms with van der Waals surface area (Å²) in [4.78, 5) is 12.7. The Morgan fingerprint density at radius 2 is 2.16 bits per heavy atom. The second-order valence-corrected chi connectivity index (χ2v) is 5.32. The molecule has 2 aromatic rings. The predicted molar refractivity (Wildman–Crippen MR) is 78.8 cm³/mol. The maximum Gasteiger partial charge on any atom is 0.194 e. The number of hydrogen-bond donors (Lipinski definition) is 1. The van der Waals surface area contributed by atoms with Crippen molar-refractivity contribution in [3.63, 3.8) is 0 Å². The summed E-state index contributed by atoms with van der Waals surface area (Å²) >= 11 is 4.90. The van der Waals surface area contributed by atoms with Crippen LogP contribution < -0.4 is 10.1 Å². The van der Waals surface area contributed by atoms with Gasteiger partial charge in [-0.3, -0.25) is 0 Å². The van der Waals surface area contributed by atoms with Crippen molar-refractivity contribution in [2.45, 2.75) is 17.0 Å². The molecule has 0 aliphatic rings. The van der Waals surface area contributed by atoms with Crippen LogP contribution in [0.5, 0.6) is 5.75 Å². The quantitative estimate of drug-likeness (QED) is 0.843. The van der Waals surface area contributed by atoms with Crippen molar-refractivity contribution in [3.05, 3.63) is 29.1 Å². The Morgan fingerprint density at radius 3 is 2.84 bits per heavy atom. The summed E-state index contributed by atoms with van der Waals surface area (Å²) < 4.78 is 6.31. The van der Waals surface area contributed by atoms with Crippen LogP contribution in [0.4, 0.5) is 5.82 Å². The molecule has 100 valence electrons. The number of anilines is 1. The van der Waals surface area contributed by atoms with Gasteiger partial charge in [-0.2, -0.15) is 0 Å². The highest BCUT2D eigenvalue weighted by molar-refractivity contribution is 9.10. The van der Waals surface area contributed by atoms with E-state index in [2.05, 4.69) is 36.2 Å². The summed E-state index contributed by atoms with van der Waals surface area (Å²) in [5.74, 6) is 1.32. The van der Waals surface area contributed by atoms with Crippen LogP contribution >= 0.6 is 27.7 Å². The minimum Gasteiger partial charge on any atom is -0.490 e. The van der Waals surface area contributed by atoms with Crippen LogP contribution in [0, 0.1) is 0 Å². The maximum atomic E-state index is 5.39. The van der Waals surface area contributed by atoms with Crippen LogP contribution in [0.2, 0.25) is 0 Å². The van der Waals surface area contributed by atoms with Gasteiger partial charge in [0, 0.05) is 12.7 Å². The molecule has 0 spiro atoms. The minimum absolute atomic E-state index is 0.631. The van der Waals surface area contributed by atoms with E-state index in [4.69, 9.17) is 4.74 Å². The number of nitrogens with one attached hydrogen (secondary N) is 1. The zero-order valence-electron chi connectivity index (χ0n) is 10.6. The first-order valence-electron chi connectivity index (χ1n) is 5.67. The Kier molecular flexibility index (Phi) is 4.98. The molecule has 2 aromatic heterocycles. The second kappa shape index (κ2) is 6.72. The Labute approximate surface area is 124 Å². The van der Waals surface area contributed by atoms with Gasteiger partial charge in [0.2, 0.25) is 0 Å². The van der Waals surface area contributed by atoms with E-state index in [9.17, 15) is 0 Å². The summed E-state index contributed by atoms with van der Waals surface area (Å²) in [6.07, 6.45) is 3.26. The number of methoxy groups -OCH3 is 1. The zero-order chi connectivity index (χ0) is 13.7. The van der Waals surface area contributed by atoms with E-state index in [-0.39, 0.29) is 0 Å². The molecule has 0 aromatic carbocycles. The van der Waals surface area contributed by atoms with Crippen LogP contribution in [0.25, 0.3) is 0 Å². The standard InChI is InChI=1S/C12H13BrN4OS/c1-3-14-10-9(18-2)12(17-7-16-10)19-11-8(13)5-4-6-15-11/h4-7H,3H2,1-2H3,(H,14,16,17). The van der Waals surface area contributed by atoms with Crippen molar-refractivity contribution in [1.29, 1.82) is 0 Å². The Bertz CT molecular complexity index is 567. The fourth-order valence-corrected chi connectivity index (χ4v) is 2.78. The molecule has 0 aliphatic heterocycles. The molecule has 0 bridgehead atoms. The third-order valence-corrected chi connectivity index (χ3v) is 4.14. The van der Waals surface area contributed by atoms with Gasteiger partial charge in [-0.25, -0.2) is 15.0 Å². The molecule has 0 fully saturated rings. The van der Waals surface area contributed by atoms with Gasteiger partial charge in [0.25, 0.3) is 0 Å². The number of nitrogens with zero attached hydrogens (tertiary/aromatic N) is 3. The van der Waals surface area contributed by atoms with Crippen LogP contribution in [-0.2, 0) is 0 Å². The predicted octanol–water partition coefficient (Wildman–Crippen LogP) is 3.23. The molecule has 0 radical (unpaired) electrons. The van der Waals surface area contributed by atoms with Crippen molar-refractivity contribution in [2.75, 3.05) is 19.0 Å². The molecule has 0 unspecified atom stereocenters. The molecule has 2 rings (SSSR count). The number of hydrogen-bond acceptors (Lipinski definition) is 6. The summed E-state index contributed by atoms with van der Waals surface area (Å²) in [5, 5.41) is 4.71. The number of aromatic nitrogens is 3. The average Bonchev–Trinajstić information content (AvgIpc) is 2.42. The zero-order valence-corrected chi connectivity index (χ0v) is 13.0. The van der Waals surface area contributed by atoms with E-state index < -0.39 is 0 Å². The number of halogens is 1. The summed E-state index contributed by atoms with van der Waals surface area (Å²) in [7, 11) is 1.61. The van der Waals surface area contributed by atoms with E-state index in [1.807, 2.05) is 19.1 Å². The summed E-state index contributed by atoms with van der Waals surface area (Å²) in [5.41, 5.74) is 0. The van der Waals surface area contributed by atoms with Crippen molar-refractivity contribution in [1.82, 2.24) is 15.0 Å². The molecule has 0 atom stereocenters. The second-order valence-electron chi connectivity index (χ2n) is 3.48. The molecule has 19 heavy (non-hydrogen) atoms. The highest BCUT2D eigenvalue weighted by Crippen LogP contribution is 2.38. The normalized spacial score (nSPS) is 10.3. The topological polar surface area (TPSA) is 59.9 Å². The Balaban J connectivity index is 2.35. The maximum absolute atomic E-state index is 5.39. The van der Waals surface area contributed by atoms with E-state index in [0.717, 1.165) is 21.1 Å². The van der Waals surface area contributed by atoms with Gasteiger partial charge < -0.3 is 10.1 Å². The highest BCUT2D eigenvalue weighted by atomic mass is 79.9. The van der Waals surface area contributed by atoms with Crippen molar-refractivity contribution in [2.24, 2.45) is 0 Å². The van der Waals surface area contributed by atoms with Gasteiger partial charge in [0.15, 0.2) is 16.6 Å². The van der Waals surface area contributed by atoms with Crippen LogP contribution in [0.3, 0.4) is 0 Å². The molecule has 0 saturated carbocycles. The highest BCUT2D eigenvalue weighted by Gasteiger charge is 2.14. The Morgan fingerprint density at radius 1 is 1.32 bits per heavy atom. The molecule has 0 aliphatic carbocycles. The molecule has 0 saturated heterocycles. The molecular formula is C12H13BrN4OS. The lowest BCUT2D eigenvalue weighted by atomic mass is 10.5. The third-order valence-electron chi connectivity index (χ3n) is 2.24. The molecule has 7 heteroatoms. The van der Waals surface area contributed by atoms with Gasteiger partial charge in [-0.05, 0) is 46.7 Å². The molecule has 5 nitrogen and oxygen atoms in total. The molecular weight excluding hydrogens is 328 g/mol. The van der Waals surface area contributed by atoms with Gasteiger partial charge in [0.1, 0.15) is 11.4 Å². The summed E-state index contributed by atoms with van der Waals surface area (Å²) in [6, 6.07) is 3.81. The van der Waals surface area contributed by atoms with Crippen molar-refractivity contribution in [3.8, 4) is 5.75 Å². The molecule has 2 heterocycles. The lowest BCUT2D eigenvalue weighted by molar-refractivity contribution is 0.400. The van der Waals surface area contributed by atoms with Gasteiger partial charge in [-0.15, -0.1) is 0 Å². The SMILES string of the molecule is CCNc1ncnc(Sc2ncccc2Br)c1OC. The minimum atomic E-state index is 0.631. The number of rotatable bonds is 5. The smallest absolute Gasteiger partial charge is 0.194 e. The first kappa shape index (κ1) is 14.1. The van der Waals surface area contributed by atoms with E-state index in [1.54, 1.807) is 13.3 Å². The average molecular weight is 341 g/mol. The molecule has 1 N–H and O–H groups in total. The van der Waals surface area contributed by atoms with Gasteiger partial charge in [0.05, 0.1) is 11.6 Å². The number of pyridine rings is 1. The van der Waals surface area contributed by atoms with E-state index >= 15 is 0 Å². The molecule has 0 amide bonds.